The van der Waals surface area contributed by atoms with Gasteiger partial charge in [-0.15, -0.1) is 0 Å². The lowest BCUT2D eigenvalue weighted by molar-refractivity contribution is -0.135. The molecule has 0 radical (unpaired) electrons. The first-order valence-corrected chi connectivity index (χ1v) is 7.21. The van der Waals surface area contributed by atoms with Gasteiger partial charge in [0.2, 0.25) is 11.8 Å². The van der Waals surface area contributed by atoms with Crippen molar-refractivity contribution in [3.05, 3.63) is 30.4 Å². The number of hydrogen-bond donors (Lipinski definition) is 0. The van der Waals surface area contributed by atoms with Crippen LogP contribution < -0.4 is 0 Å². The van der Waals surface area contributed by atoms with Gasteiger partial charge in [0.25, 0.3) is 0 Å². The first kappa shape index (κ1) is 13.8. The van der Waals surface area contributed by atoms with E-state index in [1.165, 1.54) is 0 Å². The maximum absolute atomic E-state index is 12.6. The minimum atomic E-state index is -0.240. The number of imidazole rings is 1. The average molecular weight is 289 g/mol. The van der Waals surface area contributed by atoms with E-state index < -0.39 is 0 Å². The summed E-state index contributed by atoms with van der Waals surface area (Å²) in [5, 5.41) is 3.84. The molecule has 2 aromatic rings. The summed E-state index contributed by atoms with van der Waals surface area (Å²) in [6, 6.07) is -0.240. The van der Waals surface area contributed by atoms with E-state index >= 15 is 0 Å². The maximum atomic E-state index is 12.6. The molecule has 0 bridgehead atoms. The first-order chi connectivity index (χ1) is 10.1. The second kappa shape index (κ2) is 5.67. The van der Waals surface area contributed by atoms with E-state index in [9.17, 15) is 4.79 Å². The number of carbonyl (C=O) groups excluding carboxylic acids is 1. The molecular weight excluding hydrogens is 270 g/mol. The molecule has 2 aromatic heterocycles. The largest absolute Gasteiger partial charge is 0.340 e. The van der Waals surface area contributed by atoms with Crippen molar-refractivity contribution in [3.8, 4) is 0 Å². The monoisotopic (exact) mass is 289 g/mol. The number of hydrogen-bond acceptors (Lipinski definition) is 5. The Kier molecular flexibility index (Phi) is 3.72. The summed E-state index contributed by atoms with van der Waals surface area (Å²) in [5.74, 6) is 1.52. The fraction of sp³-hybridized carbons (Fsp3) is 0.571. The summed E-state index contributed by atoms with van der Waals surface area (Å²) >= 11 is 0. The van der Waals surface area contributed by atoms with Crippen molar-refractivity contribution in [2.75, 3.05) is 13.1 Å². The first-order valence-electron chi connectivity index (χ1n) is 7.21. The smallest absolute Gasteiger partial charge is 0.245 e. The third kappa shape index (κ3) is 2.81. The molecule has 3 heterocycles. The molecule has 1 saturated heterocycles. The van der Waals surface area contributed by atoms with Gasteiger partial charge in [0.05, 0.1) is 12.2 Å². The molecule has 1 amide bonds. The quantitative estimate of drug-likeness (QED) is 0.856. The van der Waals surface area contributed by atoms with Crippen LogP contribution in [0.1, 0.15) is 43.4 Å². The second-order valence-electron chi connectivity index (χ2n) is 5.49. The van der Waals surface area contributed by atoms with Gasteiger partial charge in [0.1, 0.15) is 6.04 Å². The topological polar surface area (TPSA) is 77.0 Å². The van der Waals surface area contributed by atoms with Crippen LogP contribution in [0.5, 0.6) is 0 Å². The van der Waals surface area contributed by atoms with Crippen LogP contribution in [0.2, 0.25) is 0 Å². The van der Waals surface area contributed by atoms with Crippen LogP contribution in [0.15, 0.2) is 23.2 Å². The third-order valence-electron chi connectivity index (χ3n) is 3.96. The highest BCUT2D eigenvalue weighted by atomic mass is 16.5. The van der Waals surface area contributed by atoms with Gasteiger partial charge >= 0.3 is 0 Å². The molecular formula is C14H19N5O2. The van der Waals surface area contributed by atoms with Gasteiger partial charge in [-0.1, -0.05) is 5.16 Å². The molecule has 1 aliphatic heterocycles. The van der Waals surface area contributed by atoms with E-state index in [0.717, 1.165) is 19.4 Å². The standard InChI is InChI=1S/C14H19N5O2/c1-10(19-7-5-15-9-19)14(20)18-6-3-4-12(8-18)13-16-11(2)17-21-13/h5,7,9-10,12H,3-4,6,8H2,1-2H3/t10-,12-/m1/s1. The number of rotatable bonds is 3. The van der Waals surface area contributed by atoms with Gasteiger partial charge in [-0.3, -0.25) is 4.79 Å². The van der Waals surface area contributed by atoms with Crippen LogP contribution in [0.4, 0.5) is 0 Å². The normalized spacial score (nSPS) is 20.5. The van der Waals surface area contributed by atoms with E-state index in [1.54, 1.807) is 19.4 Å². The summed E-state index contributed by atoms with van der Waals surface area (Å²) in [7, 11) is 0. The van der Waals surface area contributed by atoms with E-state index in [4.69, 9.17) is 4.52 Å². The Balaban J connectivity index is 1.69. The molecule has 1 fully saturated rings. The zero-order valence-electron chi connectivity index (χ0n) is 12.3. The highest BCUT2D eigenvalue weighted by Crippen LogP contribution is 2.27. The number of piperidine rings is 1. The number of likely N-dealkylation sites (tertiary alicyclic amines) is 1. The highest BCUT2D eigenvalue weighted by molar-refractivity contribution is 5.80. The van der Waals surface area contributed by atoms with Crippen LogP contribution in [0, 0.1) is 6.92 Å². The Morgan fingerprint density at radius 3 is 3.05 bits per heavy atom. The van der Waals surface area contributed by atoms with Gasteiger partial charge < -0.3 is 14.0 Å². The van der Waals surface area contributed by atoms with Gasteiger partial charge in [0, 0.05) is 25.5 Å². The van der Waals surface area contributed by atoms with Crippen molar-refractivity contribution in [2.24, 2.45) is 0 Å². The number of aryl methyl sites for hydroxylation is 1. The summed E-state index contributed by atoms with van der Waals surface area (Å²) in [4.78, 5) is 22.8. The SMILES string of the molecule is Cc1noc([C@@H]2CCCN(C(=O)[C@@H](C)n3ccnc3)C2)n1. The summed E-state index contributed by atoms with van der Waals surface area (Å²) < 4.78 is 7.07. The molecule has 7 heteroatoms. The predicted molar refractivity (Wildman–Crippen MR) is 74.5 cm³/mol. The minimum Gasteiger partial charge on any atom is -0.340 e. The zero-order valence-corrected chi connectivity index (χ0v) is 12.3. The molecule has 3 rings (SSSR count). The van der Waals surface area contributed by atoms with E-state index in [0.29, 0.717) is 18.3 Å². The number of carbonyl (C=O) groups is 1. The summed E-state index contributed by atoms with van der Waals surface area (Å²) in [6.07, 6.45) is 7.10. The summed E-state index contributed by atoms with van der Waals surface area (Å²) in [5.41, 5.74) is 0. The lowest BCUT2D eigenvalue weighted by Crippen LogP contribution is -2.42. The Morgan fingerprint density at radius 1 is 1.52 bits per heavy atom. The Bertz CT molecular complexity index is 607. The average Bonchev–Trinajstić information content (AvgIpc) is 3.17. The molecule has 0 N–H and O–H groups in total. The molecule has 2 atom stereocenters. The van der Waals surface area contributed by atoms with E-state index in [2.05, 4.69) is 15.1 Å². The second-order valence-corrected chi connectivity index (χ2v) is 5.49. The fourth-order valence-corrected chi connectivity index (χ4v) is 2.75. The van der Waals surface area contributed by atoms with Crippen LogP contribution >= 0.6 is 0 Å². The molecule has 0 aromatic carbocycles. The molecule has 21 heavy (non-hydrogen) atoms. The van der Waals surface area contributed by atoms with E-state index in [-0.39, 0.29) is 17.9 Å². The van der Waals surface area contributed by atoms with Crippen LogP contribution in [-0.2, 0) is 4.79 Å². The van der Waals surface area contributed by atoms with Crippen molar-refractivity contribution in [2.45, 2.75) is 38.6 Å². The number of aromatic nitrogens is 4. The lowest BCUT2D eigenvalue weighted by atomic mass is 9.97. The molecule has 112 valence electrons. The summed E-state index contributed by atoms with van der Waals surface area (Å²) in [6.45, 7) is 5.12. The van der Waals surface area contributed by atoms with Gasteiger partial charge in [-0.25, -0.2) is 4.98 Å². The lowest BCUT2D eigenvalue weighted by Gasteiger charge is -2.33. The van der Waals surface area contributed by atoms with Crippen molar-refractivity contribution in [3.63, 3.8) is 0 Å². The maximum Gasteiger partial charge on any atom is 0.245 e. The van der Waals surface area contributed by atoms with Crippen molar-refractivity contribution >= 4 is 5.91 Å². The van der Waals surface area contributed by atoms with Crippen LogP contribution in [-0.4, -0.2) is 43.6 Å². The minimum absolute atomic E-state index is 0.105. The number of amides is 1. The fourth-order valence-electron chi connectivity index (χ4n) is 2.75. The highest BCUT2D eigenvalue weighted by Gasteiger charge is 2.30. The Labute approximate surface area is 123 Å². The van der Waals surface area contributed by atoms with Crippen molar-refractivity contribution in [1.82, 2.24) is 24.6 Å². The van der Waals surface area contributed by atoms with Gasteiger partial charge in [-0.05, 0) is 26.7 Å². The van der Waals surface area contributed by atoms with Crippen molar-refractivity contribution in [1.29, 1.82) is 0 Å². The predicted octanol–water partition coefficient (Wildman–Crippen LogP) is 1.54. The molecule has 1 aliphatic rings. The molecule has 0 saturated carbocycles. The number of nitrogens with zero attached hydrogens (tertiary/aromatic N) is 5. The van der Waals surface area contributed by atoms with Gasteiger partial charge in [-0.2, -0.15) is 4.98 Å². The van der Waals surface area contributed by atoms with Crippen LogP contribution in [0.3, 0.4) is 0 Å². The van der Waals surface area contributed by atoms with Crippen LogP contribution in [0.25, 0.3) is 0 Å². The molecule has 7 nitrogen and oxygen atoms in total. The Hall–Kier alpha value is -2.18. The van der Waals surface area contributed by atoms with Crippen molar-refractivity contribution < 1.29 is 9.32 Å². The Morgan fingerprint density at radius 2 is 2.38 bits per heavy atom. The van der Waals surface area contributed by atoms with Gasteiger partial charge in [0.15, 0.2) is 5.82 Å². The zero-order chi connectivity index (χ0) is 14.8. The van der Waals surface area contributed by atoms with E-state index in [1.807, 2.05) is 22.6 Å². The molecule has 0 aliphatic carbocycles. The molecule has 0 unspecified atom stereocenters. The third-order valence-corrected chi connectivity index (χ3v) is 3.96. The molecule has 0 spiro atoms.